The molecule has 3 rings (SSSR count). The average Bonchev–Trinajstić information content (AvgIpc) is 3.05. The van der Waals surface area contributed by atoms with Gasteiger partial charge >= 0.3 is 5.97 Å². The summed E-state index contributed by atoms with van der Waals surface area (Å²) in [6.07, 6.45) is 1.51. The summed E-state index contributed by atoms with van der Waals surface area (Å²) in [6, 6.07) is 11.3. The van der Waals surface area contributed by atoms with Gasteiger partial charge in [0.2, 0.25) is 0 Å². The van der Waals surface area contributed by atoms with E-state index in [0.717, 1.165) is 12.0 Å². The normalized spacial score (nSPS) is 17.5. The lowest BCUT2D eigenvalue weighted by atomic mass is 9.85. The third-order valence-electron chi connectivity index (χ3n) is 6.05. The number of esters is 1. The fourth-order valence-electron chi connectivity index (χ4n) is 4.20. The first-order valence-corrected chi connectivity index (χ1v) is 11.7. The van der Waals surface area contributed by atoms with E-state index in [-0.39, 0.29) is 16.7 Å². The minimum Gasteiger partial charge on any atom is -0.507 e. The third-order valence-corrected chi connectivity index (χ3v) is 6.05. The molecule has 0 bridgehead atoms. The number of aliphatic hydroxyl groups excluding tert-OH is 1. The second kappa shape index (κ2) is 10.3. The van der Waals surface area contributed by atoms with Crippen LogP contribution in [0.2, 0.25) is 0 Å². The smallest absolute Gasteiger partial charge is 0.308 e. The van der Waals surface area contributed by atoms with Gasteiger partial charge in [-0.15, -0.1) is 0 Å². The number of ketones is 1. The summed E-state index contributed by atoms with van der Waals surface area (Å²) >= 11 is 0. The number of methoxy groups -OCH3 is 1. The number of Topliss-reactive ketones (excluding diaryl/α,β-unsaturated/α-hetero) is 1. The van der Waals surface area contributed by atoms with Crippen molar-refractivity contribution in [3.8, 4) is 11.5 Å². The van der Waals surface area contributed by atoms with Crippen LogP contribution in [-0.4, -0.2) is 41.3 Å². The van der Waals surface area contributed by atoms with E-state index in [2.05, 4.69) is 0 Å². The Labute approximate surface area is 206 Å². The Hall–Kier alpha value is -3.61. The summed E-state index contributed by atoms with van der Waals surface area (Å²) in [5.74, 6) is -1.52. The Morgan fingerprint density at radius 2 is 1.83 bits per heavy atom. The maximum atomic E-state index is 13.3. The van der Waals surface area contributed by atoms with Gasteiger partial charge in [0.25, 0.3) is 11.7 Å². The summed E-state index contributed by atoms with van der Waals surface area (Å²) in [4.78, 5) is 39.4. The van der Waals surface area contributed by atoms with Crippen LogP contribution in [0.4, 0.5) is 0 Å². The number of amides is 1. The lowest BCUT2D eigenvalue weighted by Crippen LogP contribution is -2.30. The van der Waals surface area contributed by atoms with Gasteiger partial charge in [0.1, 0.15) is 17.3 Å². The number of likely N-dealkylation sites (tertiary alicyclic amines) is 1. The van der Waals surface area contributed by atoms with Gasteiger partial charge in [0.15, 0.2) is 0 Å². The molecule has 2 aromatic rings. The molecule has 1 unspecified atom stereocenters. The van der Waals surface area contributed by atoms with Crippen LogP contribution in [0.3, 0.4) is 0 Å². The Kier molecular flexibility index (Phi) is 7.68. The van der Waals surface area contributed by atoms with Crippen LogP contribution in [-0.2, 0) is 19.8 Å². The average molecular weight is 480 g/mol. The van der Waals surface area contributed by atoms with E-state index in [4.69, 9.17) is 9.47 Å². The van der Waals surface area contributed by atoms with Gasteiger partial charge in [0.05, 0.1) is 24.3 Å². The highest BCUT2D eigenvalue weighted by atomic mass is 16.5. The molecular formula is C28H33NO6. The van der Waals surface area contributed by atoms with Crippen molar-refractivity contribution >= 4 is 23.4 Å². The molecule has 0 spiro atoms. The van der Waals surface area contributed by atoms with Crippen molar-refractivity contribution in [2.24, 2.45) is 0 Å². The van der Waals surface area contributed by atoms with Crippen LogP contribution < -0.4 is 9.47 Å². The lowest BCUT2D eigenvalue weighted by Gasteiger charge is -2.26. The fourth-order valence-corrected chi connectivity index (χ4v) is 4.20. The number of unbranched alkanes of at least 4 members (excludes halogenated alkanes) is 1. The van der Waals surface area contributed by atoms with Crippen molar-refractivity contribution in [3.05, 3.63) is 64.7 Å². The molecule has 1 amide bonds. The summed E-state index contributed by atoms with van der Waals surface area (Å²) in [7, 11) is 1.49. The lowest BCUT2D eigenvalue weighted by molar-refractivity contribution is -0.139. The molecule has 1 aliphatic heterocycles. The Morgan fingerprint density at radius 1 is 1.11 bits per heavy atom. The number of carbonyl (C=O) groups excluding carboxylic acids is 3. The number of hydrogen-bond donors (Lipinski definition) is 1. The second-order valence-electron chi connectivity index (χ2n) is 9.68. The summed E-state index contributed by atoms with van der Waals surface area (Å²) in [5, 5.41) is 11.5. The van der Waals surface area contributed by atoms with Gasteiger partial charge in [0, 0.05) is 13.5 Å². The molecule has 1 aliphatic rings. The van der Waals surface area contributed by atoms with Crippen molar-refractivity contribution in [2.45, 2.75) is 58.9 Å². The molecule has 1 atom stereocenters. The zero-order valence-corrected chi connectivity index (χ0v) is 21.2. The van der Waals surface area contributed by atoms with E-state index in [1.807, 2.05) is 33.8 Å². The van der Waals surface area contributed by atoms with E-state index < -0.39 is 23.7 Å². The highest BCUT2D eigenvalue weighted by Crippen LogP contribution is 2.42. The molecule has 35 heavy (non-hydrogen) atoms. The van der Waals surface area contributed by atoms with Crippen molar-refractivity contribution in [2.75, 3.05) is 13.7 Å². The van der Waals surface area contributed by atoms with E-state index in [1.165, 1.54) is 18.9 Å². The molecule has 0 saturated carbocycles. The molecule has 0 aliphatic carbocycles. The van der Waals surface area contributed by atoms with Gasteiger partial charge in [-0.3, -0.25) is 14.4 Å². The van der Waals surface area contributed by atoms with Crippen molar-refractivity contribution in [3.63, 3.8) is 0 Å². The Morgan fingerprint density at radius 3 is 2.43 bits per heavy atom. The SMILES string of the molecule is CCCCN1C(=O)C(=O)/C(=C(/O)c2cc(C(C)(C)C)ccc2OC)C1c1cccc(OC(C)=O)c1. The van der Waals surface area contributed by atoms with Gasteiger partial charge in [-0.05, 0) is 47.2 Å². The molecule has 0 aromatic heterocycles. The molecule has 186 valence electrons. The fraction of sp³-hybridized carbons (Fsp3) is 0.393. The molecule has 2 aromatic carbocycles. The van der Waals surface area contributed by atoms with E-state index >= 15 is 0 Å². The van der Waals surface area contributed by atoms with Crippen LogP contribution in [0.25, 0.3) is 5.76 Å². The van der Waals surface area contributed by atoms with Crippen molar-refractivity contribution < 1.29 is 29.0 Å². The van der Waals surface area contributed by atoms with E-state index in [0.29, 0.717) is 35.6 Å². The van der Waals surface area contributed by atoms with Crippen LogP contribution in [0.1, 0.15) is 70.2 Å². The minimum atomic E-state index is -0.833. The van der Waals surface area contributed by atoms with Crippen LogP contribution in [0.15, 0.2) is 48.0 Å². The van der Waals surface area contributed by atoms with Crippen molar-refractivity contribution in [1.29, 1.82) is 0 Å². The predicted octanol–water partition coefficient (Wildman–Crippen LogP) is 5.14. The largest absolute Gasteiger partial charge is 0.507 e. The molecule has 7 heteroatoms. The van der Waals surface area contributed by atoms with Crippen LogP contribution >= 0.6 is 0 Å². The number of rotatable bonds is 7. The number of hydrogen-bond acceptors (Lipinski definition) is 6. The molecule has 1 fully saturated rings. The third kappa shape index (κ3) is 5.39. The summed E-state index contributed by atoms with van der Waals surface area (Å²) < 4.78 is 10.7. The molecule has 0 radical (unpaired) electrons. The molecular weight excluding hydrogens is 446 g/mol. The zero-order chi connectivity index (χ0) is 25.9. The van der Waals surface area contributed by atoms with Crippen molar-refractivity contribution in [1.82, 2.24) is 4.90 Å². The number of ether oxygens (including phenoxy) is 2. The van der Waals surface area contributed by atoms with Crippen LogP contribution in [0.5, 0.6) is 11.5 Å². The van der Waals surface area contributed by atoms with E-state index in [9.17, 15) is 19.5 Å². The molecule has 7 nitrogen and oxygen atoms in total. The maximum Gasteiger partial charge on any atom is 0.308 e. The monoisotopic (exact) mass is 479 g/mol. The highest BCUT2D eigenvalue weighted by molar-refractivity contribution is 6.46. The number of aliphatic hydroxyl groups is 1. The zero-order valence-electron chi connectivity index (χ0n) is 21.2. The quantitative estimate of drug-likeness (QED) is 0.194. The first-order chi connectivity index (χ1) is 16.5. The highest BCUT2D eigenvalue weighted by Gasteiger charge is 2.46. The van der Waals surface area contributed by atoms with E-state index in [1.54, 1.807) is 36.4 Å². The van der Waals surface area contributed by atoms with Gasteiger partial charge in [-0.2, -0.15) is 0 Å². The summed E-state index contributed by atoms with van der Waals surface area (Å²) in [5.41, 5.74) is 1.61. The maximum absolute atomic E-state index is 13.3. The molecule has 1 saturated heterocycles. The van der Waals surface area contributed by atoms with Gasteiger partial charge in [-0.1, -0.05) is 52.3 Å². The summed E-state index contributed by atoms with van der Waals surface area (Å²) in [6.45, 7) is 9.78. The van der Waals surface area contributed by atoms with Crippen LogP contribution in [0, 0.1) is 0 Å². The Balaban J connectivity index is 2.26. The predicted molar refractivity (Wildman–Crippen MR) is 133 cm³/mol. The standard InChI is InChI=1S/C28H33NO6/c1-7-8-14-29-24(18-10-9-11-20(15-18)35-17(2)30)23(26(32)27(29)33)25(31)21-16-19(28(3,4)5)12-13-22(21)34-6/h9-13,15-16,24,31H,7-8,14H2,1-6H3/b25-23+. The topological polar surface area (TPSA) is 93.1 Å². The number of nitrogens with zero attached hydrogens (tertiary/aromatic N) is 1. The first-order valence-electron chi connectivity index (χ1n) is 11.7. The number of carbonyl (C=O) groups is 3. The second-order valence-corrected chi connectivity index (χ2v) is 9.68. The first kappa shape index (κ1) is 26.0. The molecule has 1 heterocycles. The molecule has 1 N–H and O–H groups in total. The Bertz CT molecular complexity index is 1170. The minimum absolute atomic E-state index is 0.0181. The number of benzene rings is 2. The van der Waals surface area contributed by atoms with Gasteiger partial charge < -0.3 is 19.5 Å². The van der Waals surface area contributed by atoms with Gasteiger partial charge in [-0.25, -0.2) is 0 Å².